The first-order valence-corrected chi connectivity index (χ1v) is 14.2. The Hall–Kier alpha value is -4.58. The molecule has 210 valence electrons. The molecule has 4 aromatic carbocycles. The fraction of sp³-hybridized carbons (Fsp3) is 0.0857. The average molecular weight is 595 g/mol. The molecule has 42 heavy (non-hydrogen) atoms. The van der Waals surface area contributed by atoms with Gasteiger partial charge in [-0.25, -0.2) is 5.43 Å². The van der Waals surface area contributed by atoms with E-state index in [9.17, 15) is 4.79 Å². The number of nitrogens with one attached hydrogen (secondary N) is 1. The van der Waals surface area contributed by atoms with Crippen molar-refractivity contribution >= 4 is 35.3 Å². The van der Waals surface area contributed by atoms with Crippen LogP contribution in [-0.2, 0) is 13.0 Å². The molecular weight excluding hydrogens is 565 g/mol. The van der Waals surface area contributed by atoms with Gasteiger partial charge in [0.15, 0.2) is 0 Å². The molecule has 0 radical (unpaired) electrons. The average Bonchev–Trinajstić information content (AvgIpc) is 3.39. The van der Waals surface area contributed by atoms with Crippen molar-refractivity contribution < 1.29 is 9.53 Å². The molecule has 0 aliphatic rings. The molecule has 1 amide bonds. The first-order valence-electron chi connectivity index (χ1n) is 13.4. The smallest absolute Gasteiger partial charge is 0.271 e. The number of rotatable bonds is 10. The Balaban J connectivity index is 1.24. The van der Waals surface area contributed by atoms with Gasteiger partial charge in [-0.3, -0.25) is 4.79 Å². The summed E-state index contributed by atoms with van der Waals surface area (Å²) in [5.41, 5.74) is 10.0. The number of ether oxygens (including phenoxy) is 1. The Morgan fingerprint density at radius 3 is 2.45 bits per heavy atom. The number of benzene rings is 4. The minimum Gasteiger partial charge on any atom is -0.489 e. The Morgan fingerprint density at radius 1 is 0.929 bits per heavy atom. The number of aromatic nitrogens is 1. The van der Waals surface area contributed by atoms with E-state index in [0.717, 1.165) is 45.1 Å². The summed E-state index contributed by atoms with van der Waals surface area (Å²) in [6.45, 7) is 6.22. The van der Waals surface area contributed by atoms with Gasteiger partial charge >= 0.3 is 0 Å². The zero-order valence-corrected chi connectivity index (χ0v) is 24.6. The van der Waals surface area contributed by atoms with Crippen LogP contribution in [0.3, 0.4) is 0 Å². The van der Waals surface area contributed by atoms with Crippen molar-refractivity contribution in [3.05, 3.63) is 154 Å². The predicted octanol–water partition coefficient (Wildman–Crippen LogP) is 8.83. The van der Waals surface area contributed by atoms with Crippen LogP contribution >= 0.6 is 23.2 Å². The minimum absolute atomic E-state index is 0.295. The first kappa shape index (κ1) is 28.9. The maximum atomic E-state index is 12.8. The van der Waals surface area contributed by atoms with Crippen molar-refractivity contribution in [1.29, 1.82) is 0 Å². The highest BCUT2D eigenvalue weighted by Gasteiger charge is 2.11. The van der Waals surface area contributed by atoms with Crippen LogP contribution in [0, 0.1) is 6.92 Å². The summed E-state index contributed by atoms with van der Waals surface area (Å²) < 4.78 is 8.21. The summed E-state index contributed by atoms with van der Waals surface area (Å²) in [5.74, 6) is 0.423. The molecule has 0 saturated carbocycles. The van der Waals surface area contributed by atoms with Crippen molar-refractivity contribution in [1.82, 2.24) is 9.99 Å². The second-order valence-corrected chi connectivity index (χ2v) is 10.5. The standard InChI is InChI=1S/C35H29Cl2N3O2/c1-3-7-28-20-25(11-19-34(28)42-23-29-12-15-30(36)21-32(29)37)22-38-39-35(41)27-13-16-31(17-14-27)40-24(2)10-18-33(40)26-8-5-4-6-9-26/h3-6,8-22H,1,7,23H2,2H3,(H,39,41)/b38-22+. The van der Waals surface area contributed by atoms with E-state index in [1.165, 1.54) is 0 Å². The van der Waals surface area contributed by atoms with Gasteiger partial charge in [-0.1, -0.05) is 65.7 Å². The lowest BCUT2D eigenvalue weighted by Gasteiger charge is -2.13. The van der Waals surface area contributed by atoms with Crippen LogP contribution in [0.15, 0.2) is 121 Å². The van der Waals surface area contributed by atoms with Gasteiger partial charge in [-0.15, -0.1) is 6.58 Å². The number of hydrogen-bond donors (Lipinski definition) is 1. The van der Waals surface area contributed by atoms with Crippen molar-refractivity contribution in [2.75, 3.05) is 0 Å². The quantitative estimate of drug-likeness (QED) is 0.0998. The van der Waals surface area contributed by atoms with Crippen LogP contribution in [-0.4, -0.2) is 16.7 Å². The molecule has 0 fully saturated rings. The number of allylic oxidation sites excluding steroid dienone is 1. The highest BCUT2D eigenvalue weighted by Crippen LogP contribution is 2.27. The second kappa shape index (κ2) is 13.4. The SMILES string of the molecule is C=CCc1cc(/C=N/NC(=O)c2ccc(-n3c(C)ccc3-c3ccccc3)cc2)ccc1OCc1ccc(Cl)cc1Cl. The molecule has 0 spiro atoms. The lowest BCUT2D eigenvalue weighted by Crippen LogP contribution is -2.17. The second-order valence-electron chi connectivity index (χ2n) is 9.69. The lowest BCUT2D eigenvalue weighted by atomic mass is 10.1. The predicted molar refractivity (Wildman–Crippen MR) is 172 cm³/mol. The van der Waals surface area contributed by atoms with Gasteiger partial charge in [0.25, 0.3) is 5.91 Å². The van der Waals surface area contributed by atoms with Crippen LogP contribution in [0.4, 0.5) is 0 Å². The Labute approximate surface area is 255 Å². The number of amides is 1. The summed E-state index contributed by atoms with van der Waals surface area (Å²) in [5, 5.41) is 5.31. The van der Waals surface area contributed by atoms with Gasteiger partial charge in [0.05, 0.1) is 11.9 Å². The Kier molecular flexibility index (Phi) is 9.22. The number of aryl methyl sites for hydroxylation is 1. The van der Waals surface area contributed by atoms with Crippen molar-refractivity contribution in [3.8, 4) is 22.7 Å². The topological polar surface area (TPSA) is 55.6 Å². The number of halogens is 2. The third kappa shape index (κ3) is 6.82. The summed E-state index contributed by atoms with van der Waals surface area (Å²) in [7, 11) is 0. The molecular formula is C35H29Cl2N3O2. The van der Waals surface area contributed by atoms with E-state index in [4.69, 9.17) is 27.9 Å². The molecule has 0 atom stereocenters. The first-order chi connectivity index (χ1) is 20.4. The minimum atomic E-state index is -0.295. The Bertz CT molecular complexity index is 1740. The molecule has 0 aliphatic carbocycles. The van der Waals surface area contributed by atoms with E-state index >= 15 is 0 Å². The van der Waals surface area contributed by atoms with Crippen molar-refractivity contribution in [2.24, 2.45) is 5.10 Å². The van der Waals surface area contributed by atoms with E-state index in [2.05, 4.69) is 52.9 Å². The molecule has 0 bridgehead atoms. The molecule has 1 N–H and O–H groups in total. The van der Waals surface area contributed by atoms with Crippen LogP contribution in [0.1, 0.15) is 32.7 Å². The number of carbonyl (C=O) groups excluding carboxylic acids is 1. The Morgan fingerprint density at radius 2 is 1.71 bits per heavy atom. The van der Waals surface area contributed by atoms with E-state index in [-0.39, 0.29) is 5.91 Å². The molecule has 7 heteroatoms. The highest BCUT2D eigenvalue weighted by atomic mass is 35.5. The third-order valence-corrected chi connectivity index (χ3v) is 7.35. The number of hydrogen-bond acceptors (Lipinski definition) is 3. The van der Waals surface area contributed by atoms with Gasteiger partial charge in [0.2, 0.25) is 0 Å². The maximum Gasteiger partial charge on any atom is 0.271 e. The van der Waals surface area contributed by atoms with E-state index in [1.807, 2.05) is 60.7 Å². The summed E-state index contributed by atoms with van der Waals surface area (Å²) in [6, 6.07) is 32.9. The van der Waals surface area contributed by atoms with Crippen LogP contribution in [0.5, 0.6) is 5.75 Å². The molecule has 1 heterocycles. The largest absolute Gasteiger partial charge is 0.489 e. The van der Waals surface area contributed by atoms with Crippen LogP contribution in [0.25, 0.3) is 16.9 Å². The lowest BCUT2D eigenvalue weighted by molar-refractivity contribution is 0.0955. The molecule has 5 nitrogen and oxygen atoms in total. The number of nitrogens with zero attached hydrogens (tertiary/aromatic N) is 2. The molecule has 5 aromatic rings. The number of hydrazone groups is 1. The zero-order valence-electron chi connectivity index (χ0n) is 23.1. The summed E-state index contributed by atoms with van der Waals surface area (Å²) in [4.78, 5) is 12.8. The molecule has 5 rings (SSSR count). The number of carbonyl (C=O) groups is 1. The van der Waals surface area contributed by atoms with E-state index < -0.39 is 0 Å². The molecule has 1 aromatic heterocycles. The van der Waals surface area contributed by atoms with Crippen LogP contribution in [0.2, 0.25) is 10.0 Å². The van der Waals surface area contributed by atoms with E-state index in [1.54, 1.807) is 30.5 Å². The summed E-state index contributed by atoms with van der Waals surface area (Å²) in [6.07, 6.45) is 4.02. The molecule has 0 unspecified atom stereocenters. The van der Waals surface area contributed by atoms with Gasteiger partial charge in [0.1, 0.15) is 12.4 Å². The fourth-order valence-electron chi connectivity index (χ4n) is 4.64. The van der Waals surface area contributed by atoms with Crippen molar-refractivity contribution in [3.63, 3.8) is 0 Å². The van der Waals surface area contributed by atoms with Crippen LogP contribution < -0.4 is 10.2 Å². The summed E-state index contributed by atoms with van der Waals surface area (Å²) >= 11 is 12.3. The van der Waals surface area contributed by atoms with Gasteiger partial charge < -0.3 is 9.30 Å². The highest BCUT2D eigenvalue weighted by molar-refractivity contribution is 6.35. The maximum absolute atomic E-state index is 12.8. The molecule has 0 aliphatic heterocycles. The van der Waals surface area contributed by atoms with Crippen molar-refractivity contribution in [2.45, 2.75) is 20.0 Å². The third-order valence-electron chi connectivity index (χ3n) is 6.76. The monoisotopic (exact) mass is 593 g/mol. The van der Waals surface area contributed by atoms with E-state index in [0.29, 0.717) is 28.6 Å². The normalized spacial score (nSPS) is 11.0. The van der Waals surface area contributed by atoms with Gasteiger partial charge in [-0.2, -0.15) is 5.10 Å². The zero-order chi connectivity index (χ0) is 29.5. The molecule has 0 saturated heterocycles. The fourth-order valence-corrected chi connectivity index (χ4v) is 5.10. The van der Waals surface area contributed by atoms with Gasteiger partial charge in [-0.05, 0) is 96.8 Å². The van der Waals surface area contributed by atoms with Gasteiger partial charge in [0, 0.05) is 32.6 Å².